The Bertz CT molecular complexity index is 25.7. The zero-order chi connectivity index (χ0) is 4.28. The summed E-state index contributed by atoms with van der Waals surface area (Å²) in [6, 6.07) is 0. The molecule has 0 radical (unpaired) electrons. The van der Waals surface area contributed by atoms with Crippen molar-refractivity contribution in [1.82, 2.24) is 0 Å². The van der Waals surface area contributed by atoms with Crippen LogP contribution in [-0.2, 0) is 0 Å². The molecule has 0 unspecified atom stereocenters. The van der Waals surface area contributed by atoms with E-state index < -0.39 is 0 Å². The minimum atomic E-state index is 0. The maximum atomic E-state index is 8.14. The van der Waals surface area contributed by atoms with Crippen LogP contribution in [0.5, 0.6) is 0 Å². The lowest BCUT2D eigenvalue weighted by atomic mass is 10.2. The second-order valence-electron chi connectivity index (χ2n) is 1.58. The van der Waals surface area contributed by atoms with Gasteiger partial charge in [-0.2, -0.15) is 0 Å². The topological polar surface area (TPSA) is 20.2 Å². The summed E-state index contributed by atoms with van der Waals surface area (Å²) >= 11 is 0. The summed E-state index contributed by atoms with van der Waals surface area (Å²) in [5.74, 6) is 0.440. The molecule has 0 aliphatic rings. The summed E-state index contributed by atoms with van der Waals surface area (Å²) in [6.07, 6.45) is 0. The number of hydrogen-bond donors (Lipinski definition) is 1. The fourth-order valence-corrected chi connectivity index (χ4v) is 0. The largest absolute Gasteiger partial charge is 0.396 e. The van der Waals surface area contributed by atoms with E-state index in [0.717, 1.165) is 0 Å². The molecular formula is C4H15AlMgO. The van der Waals surface area contributed by atoms with Gasteiger partial charge in [-0.05, 0) is 5.92 Å². The van der Waals surface area contributed by atoms with E-state index in [0.29, 0.717) is 12.5 Å². The molecule has 0 saturated heterocycles. The molecule has 0 saturated carbocycles. The smallest absolute Gasteiger partial charge is 0.316 e. The molecule has 7 heavy (non-hydrogen) atoms. The summed E-state index contributed by atoms with van der Waals surface area (Å²) in [5, 5.41) is 8.14. The predicted molar refractivity (Wildman–Crippen MR) is 40.4 cm³/mol. The van der Waals surface area contributed by atoms with Crippen LogP contribution in [0.1, 0.15) is 13.8 Å². The van der Waals surface area contributed by atoms with Crippen molar-refractivity contribution in [2.45, 2.75) is 13.8 Å². The summed E-state index contributed by atoms with van der Waals surface area (Å²) in [4.78, 5) is 0. The van der Waals surface area contributed by atoms with E-state index in [1.165, 1.54) is 0 Å². The molecule has 0 spiro atoms. The van der Waals surface area contributed by atoms with Crippen molar-refractivity contribution in [3.05, 3.63) is 0 Å². The van der Waals surface area contributed by atoms with Crippen molar-refractivity contribution < 1.29 is 5.11 Å². The average Bonchev–Trinajstić information content (AvgIpc) is 1.38. The summed E-state index contributed by atoms with van der Waals surface area (Å²) in [5.41, 5.74) is 0. The first-order chi connectivity index (χ1) is 2.27. The van der Waals surface area contributed by atoms with E-state index in [2.05, 4.69) is 0 Å². The molecule has 0 aromatic heterocycles. The molecule has 0 atom stereocenters. The van der Waals surface area contributed by atoms with E-state index in [4.69, 9.17) is 5.11 Å². The van der Waals surface area contributed by atoms with Gasteiger partial charge in [0.2, 0.25) is 0 Å². The van der Waals surface area contributed by atoms with Gasteiger partial charge in [-0.1, -0.05) is 13.8 Å². The molecule has 0 rings (SSSR count). The highest BCUT2D eigenvalue weighted by molar-refractivity contribution is 5.76. The van der Waals surface area contributed by atoms with Gasteiger partial charge in [0, 0.05) is 6.61 Å². The normalized spacial score (nSPS) is 6.86. The van der Waals surface area contributed by atoms with Crippen molar-refractivity contribution in [3.63, 3.8) is 0 Å². The zero-order valence-corrected chi connectivity index (χ0v) is 3.73. The quantitative estimate of drug-likeness (QED) is 0.430. The predicted octanol–water partition coefficient (Wildman–Crippen LogP) is -1.47. The van der Waals surface area contributed by atoms with E-state index >= 15 is 0 Å². The Labute approximate surface area is 71.8 Å². The fourth-order valence-electron chi connectivity index (χ4n) is 0. The second-order valence-corrected chi connectivity index (χ2v) is 1.58. The van der Waals surface area contributed by atoms with Crippen molar-refractivity contribution in [1.29, 1.82) is 0 Å². The third-order valence-electron chi connectivity index (χ3n) is 0.365. The molecule has 0 aromatic rings. The third kappa shape index (κ3) is 18.9. The molecule has 0 amide bonds. The lowest BCUT2D eigenvalue weighted by Gasteiger charge is -1.90. The van der Waals surface area contributed by atoms with Crippen LogP contribution < -0.4 is 0 Å². The van der Waals surface area contributed by atoms with Gasteiger partial charge in [0.25, 0.3) is 0 Å². The van der Waals surface area contributed by atoms with Gasteiger partial charge < -0.3 is 5.11 Å². The van der Waals surface area contributed by atoms with E-state index in [9.17, 15) is 0 Å². The molecule has 3 heteroatoms. The van der Waals surface area contributed by atoms with Gasteiger partial charge in [-0.3, -0.25) is 0 Å². The van der Waals surface area contributed by atoms with Crippen molar-refractivity contribution in [2.75, 3.05) is 6.61 Å². The Kier molecular flexibility index (Phi) is 23.1. The molecule has 0 aromatic carbocycles. The van der Waals surface area contributed by atoms with Crippen LogP contribution in [0.25, 0.3) is 0 Å². The number of aliphatic hydroxyl groups is 1. The highest BCUT2D eigenvalue weighted by atomic mass is 27.0. The van der Waals surface area contributed by atoms with Gasteiger partial charge in [0.15, 0.2) is 17.4 Å². The Hall–Kier alpha value is 1.26. The first kappa shape index (κ1) is 15.7. The number of aliphatic hydroxyl groups excluding tert-OH is 1. The molecule has 1 nitrogen and oxygen atoms in total. The Morgan fingerprint density at radius 2 is 1.57 bits per heavy atom. The molecule has 0 heterocycles. The highest BCUT2D eigenvalue weighted by Gasteiger charge is 1.81. The maximum absolute atomic E-state index is 8.14. The summed E-state index contributed by atoms with van der Waals surface area (Å²) < 4.78 is 0. The Morgan fingerprint density at radius 3 is 1.57 bits per heavy atom. The fraction of sp³-hybridized carbons (Fsp3) is 1.00. The standard InChI is InChI=1S/C4H10O.Al.Mg.5H/c1-4(2)3-5;;;;;;;/h4-5H,3H2,1-2H3;;;;;;;. The molecule has 42 valence electrons. The molecule has 0 aliphatic heterocycles. The Balaban J connectivity index is -0.0000000800. The number of hydrogen-bond acceptors (Lipinski definition) is 1. The van der Waals surface area contributed by atoms with Crippen LogP contribution >= 0.6 is 0 Å². The lowest BCUT2D eigenvalue weighted by molar-refractivity contribution is 0.248. The summed E-state index contributed by atoms with van der Waals surface area (Å²) in [6.45, 7) is 4.25. The minimum absolute atomic E-state index is 0. The molecule has 1 N–H and O–H groups in total. The molecule has 0 bridgehead atoms. The van der Waals surface area contributed by atoms with Crippen molar-refractivity contribution in [3.8, 4) is 0 Å². The molecular weight excluding hydrogens is 115 g/mol. The SMILES string of the molecule is CC(C)CO.[AlH3].[MgH2]. The first-order valence-corrected chi connectivity index (χ1v) is 1.88. The minimum Gasteiger partial charge on any atom is -0.396 e. The van der Waals surface area contributed by atoms with Gasteiger partial charge in [0.05, 0.1) is 0 Å². The van der Waals surface area contributed by atoms with Crippen molar-refractivity contribution >= 4 is 40.4 Å². The monoisotopic (exact) mass is 130 g/mol. The first-order valence-electron chi connectivity index (χ1n) is 1.88. The van der Waals surface area contributed by atoms with Crippen LogP contribution in [0.4, 0.5) is 0 Å². The lowest BCUT2D eigenvalue weighted by Crippen LogP contribution is -1.90. The zero-order valence-electron chi connectivity index (χ0n) is 3.73. The van der Waals surface area contributed by atoms with Crippen LogP contribution in [0, 0.1) is 5.92 Å². The van der Waals surface area contributed by atoms with Crippen LogP contribution in [-0.4, -0.2) is 52.1 Å². The number of rotatable bonds is 1. The van der Waals surface area contributed by atoms with E-state index in [1.807, 2.05) is 13.8 Å². The third-order valence-corrected chi connectivity index (χ3v) is 0.365. The van der Waals surface area contributed by atoms with Crippen LogP contribution in [0.15, 0.2) is 0 Å². The van der Waals surface area contributed by atoms with E-state index in [-0.39, 0.29) is 40.4 Å². The van der Waals surface area contributed by atoms with Gasteiger partial charge in [0.1, 0.15) is 0 Å². The van der Waals surface area contributed by atoms with Crippen LogP contribution in [0.2, 0.25) is 0 Å². The Morgan fingerprint density at radius 1 is 1.43 bits per heavy atom. The van der Waals surface area contributed by atoms with Crippen molar-refractivity contribution in [2.24, 2.45) is 5.92 Å². The van der Waals surface area contributed by atoms with Gasteiger partial charge in [-0.25, -0.2) is 0 Å². The highest BCUT2D eigenvalue weighted by Crippen LogP contribution is 1.83. The van der Waals surface area contributed by atoms with E-state index in [1.54, 1.807) is 0 Å². The van der Waals surface area contributed by atoms with Gasteiger partial charge in [-0.15, -0.1) is 0 Å². The van der Waals surface area contributed by atoms with Crippen LogP contribution in [0.3, 0.4) is 0 Å². The maximum Gasteiger partial charge on any atom is 0.316 e. The summed E-state index contributed by atoms with van der Waals surface area (Å²) in [7, 11) is 0. The molecule has 0 fully saturated rings. The molecule has 0 aliphatic carbocycles. The second kappa shape index (κ2) is 10.3. The average molecular weight is 130 g/mol. The van der Waals surface area contributed by atoms with Gasteiger partial charge >= 0.3 is 23.1 Å².